The molecule has 0 saturated heterocycles. The first kappa shape index (κ1) is 22.5. The van der Waals surface area contributed by atoms with E-state index in [0.717, 1.165) is 37.7 Å². The largest absolute Gasteiger partial charge is 0.508 e. The summed E-state index contributed by atoms with van der Waals surface area (Å²) < 4.78 is 5.08. The Bertz CT molecular complexity index is 541. The molecule has 0 fully saturated rings. The normalized spacial score (nSPS) is 12.2. The highest BCUT2D eigenvalue weighted by Gasteiger charge is 2.17. The van der Waals surface area contributed by atoms with Crippen LogP contribution >= 0.6 is 0 Å². The van der Waals surface area contributed by atoms with Gasteiger partial charge < -0.3 is 9.84 Å². The number of hydrogen-bond acceptors (Lipinski definition) is 3. The maximum absolute atomic E-state index is 10.5. The van der Waals surface area contributed by atoms with Crippen LogP contribution in [0.25, 0.3) is 0 Å². The zero-order valence-electron chi connectivity index (χ0n) is 17.4. The molecule has 1 aromatic carbocycles. The van der Waals surface area contributed by atoms with Gasteiger partial charge in [-0.2, -0.15) is 0 Å². The molecule has 1 aromatic rings. The number of carbonyl (C=O) groups is 1. The fourth-order valence-corrected chi connectivity index (χ4v) is 3.21. The standard InChI is InChI=1S/C23H38O3/c1-22(2,3)15-9-6-7-11-19-13-14-21(25)20(17-19)12-8-10-16-23(4,5)26-18-24/h13-14,17-18,25H,6-12,15-16H2,1-5H3. The third-order valence-electron chi connectivity index (χ3n) is 4.88. The summed E-state index contributed by atoms with van der Waals surface area (Å²) in [5.41, 5.74) is 2.37. The second kappa shape index (κ2) is 10.6. The molecule has 0 aliphatic rings. The van der Waals surface area contributed by atoms with Crippen molar-refractivity contribution in [2.24, 2.45) is 5.41 Å². The molecule has 0 aromatic heterocycles. The highest BCUT2D eigenvalue weighted by atomic mass is 16.5. The molecule has 0 heterocycles. The van der Waals surface area contributed by atoms with Gasteiger partial charge in [-0.15, -0.1) is 0 Å². The Hall–Kier alpha value is -1.51. The minimum atomic E-state index is -0.404. The molecule has 0 aliphatic carbocycles. The topological polar surface area (TPSA) is 46.5 Å². The molecule has 1 N–H and O–H groups in total. The van der Waals surface area contributed by atoms with Gasteiger partial charge in [0.2, 0.25) is 0 Å². The number of unbranched alkanes of at least 4 members (excludes halogenated alkanes) is 3. The molecule has 1 rings (SSSR count). The van der Waals surface area contributed by atoms with E-state index in [9.17, 15) is 9.90 Å². The highest BCUT2D eigenvalue weighted by Crippen LogP contribution is 2.25. The fraction of sp³-hybridized carbons (Fsp3) is 0.696. The molecule has 0 spiro atoms. The van der Waals surface area contributed by atoms with Crippen molar-refractivity contribution in [3.63, 3.8) is 0 Å². The summed E-state index contributed by atoms with van der Waals surface area (Å²) in [6, 6.07) is 6.04. The van der Waals surface area contributed by atoms with E-state index in [4.69, 9.17) is 4.74 Å². The van der Waals surface area contributed by atoms with Crippen molar-refractivity contribution in [1.29, 1.82) is 0 Å². The quantitative estimate of drug-likeness (QED) is 0.355. The summed E-state index contributed by atoms with van der Waals surface area (Å²) in [6.45, 7) is 11.3. The van der Waals surface area contributed by atoms with Crippen LogP contribution in [0.5, 0.6) is 5.75 Å². The Morgan fingerprint density at radius 1 is 0.923 bits per heavy atom. The van der Waals surface area contributed by atoms with E-state index < -0.39 is 5.60 Å². The first-order chi connectivity index (χ1) is 12.1. The Kier molecular flexibility index (Phi) is 9.18. The van der Waals surface area contributed by atoms with E-state index in [1.54, 1.807) is 0 Å². The maximum Gasteiger partial charge on any atom is 0.293 e. The second-order valence-corrected chi connectivity index (χ2v) is 9.27. The average Bonchev–Trinajstić information content (AvgIpc) is 2.52. The number of carbonyl (C=O) groups excluding carboxylic acids is 1. The van der Waals surface area contributed by atoms with Gasteiger partial charge in [0.1, 0.15) is 11.4 Å². The second-order valence-electron chi connectivity index (χ2n) is 9.27. The van der Waals surface area contributed by atoms with Gasteiger partial charge in [0.25, 0.3) is 6.47 Å². The molecule has 0 saturated carbocycles. The Morgan fingerprint density at radius 3 is 2.23 bits per heavy atom. The molecule has 0 radical (unpaired) electrons. The lowest BCUT2D eigenvalue weighted by atomic mass is 9.89. The van der Waals surface area contributed by atoms with Crippen LogP contribution in [0.15, 0.2) is 18.2 Å². The number of phenolic OH excluding ortho intramolecular Hbond substituents is 1. The summed E-state index contributed by atoms with van der Waals surface area (Å²) in [7, 11) is 0. The number of aryl methyl sites for hydroxylation is 2. The molecule has 26 heavy (non-hydrogen) atoms. The van der Waals surface area contributed by atoms with Gasteiger partial charge in [0, 0.05) is 0 Å². The Morgan fingerprint density at radius 2 is 1.58 bits per heavy atom. The number of aromatic hydroxyl groups is 1. The summed E-state index contributed by atoms with van der Waals surface area (Å²) in [5, 5.41) is 10.1. The van der Waals surface area contributed by atoms with Crippen molar-refractivity contribution in [1.82, 2.24) is 0 Å². The predicted octanol–water partition coefficient (Wildman–Crippen LogP) is 6.21. The van der Waals surface area contributed by atoms with E-state index in [1.807, 2.05) is 26.0 Å². The predicted molar refractivity (Wildman–Crippen MR) is 109 cm³/mol. The van der Waals surface area contributed by atoms with Crippen molar-refractivity contribution in [3.05, 3.63) is 29.3 Å². The summed E-state index contributed by atoms with van der Waals surface area (Å²) in [4.78, 5) is 10.5. The summed E-state index contributed by atoms with van der Waals surface area (Å²) in [5.74, 6) is 0.393. The van der Waals surface area contributed by atoms with Crippen LogP contribution < -0.4 is 0 Å². The third kappa shape index (κ3) is 9.84. The first-order valence-electron chi connectivity index (χ1n) is 10.1. The third-order valence-corrected chi connectivity index (χ3v) is 4.88. The lowest BCUT2D eigenvalue weighted by Gasteiger charge is -2.22. The lowest BCUT2D eigenvalue weighted by Crippen LogP contribution is -2.23. The Balaban J connectivity index is 2.38. The number of hydrogen-bond donors (Lipinski definition) is 1. The molecule has 3 nitrogen and oxygen atoms in total. The van der Waals surface area contributed by atoms with Gasteiger partial charge in [-0.25, -0.2) is 0 Å². The van der Waals surface area contributed by atoms with Crippen LogP contribution in [0.4, 0.5) is 0 Å². The monoisotopic (exact) mass is 362 g/mol. The summed E-state index contributed by atoms with van der Waals surface area (Å²) >= 11 is 0. The molecule has 0 atom stereocenters. The Labute approximate surface area is 160 Å². The smallest absolute Gasteiger partial charge is 0.293 e. The minimum absolute atomic E-state index is 0.393. The van der Waals surface area contributed by atoms with E-state index in [1.165, 1.54) is 31.2 Å². The van der Waals surface area contributed by atoms with E-state index in [2.05, 4.69) is 26.8 Å². The van der Waals surface area contributed by atoms with Gasteiger partial charge in [-0.3, -0.25) is 4.79 Å². The molecule has 148 valence electrons. The van der Waals surface area contributed by atoms with Crippen molar-refractivity contribution in [3.8, 4) is 5.75 Å². The first-order valence-corrected chi connectivity index (χ1v) is 10.1. The molecule has 3 heteroatoms. The van der Waals surface area contributed by atoms with Gasteiger partial charge >= 0.3 is 0 Å². The average molecular weight is 363 g/mol. The highest BCUT2D eigenvalue weighted by molar-refractivity contribution is 5.38. The number of rotatable bonds is 12. The number of ether oxygens (including phenoxy) is 1. The minimum Gasteiger partial charge on any atom is -0.508 e. The summed E-state index contributed by atoms with van der Waals surface area (Å²) in [6.07, 6.45) is 9.76. The van der Waals surface area contributed by atoms with E-state index >= 15 is 0 Å². The van der Waals surface area contributed by atoms with Gasteiger partial charge in [0.05, 0.1) is 0 Å². The van der Waals surface area contributed by atoms with Gasteiger partial charge in [-0.05, 0) is 81.4 Å². The van der Waals surface area contributed by atoms with Crippen molar-refractivity contribution in [2.45, 2.75) is 98.0 Å². The zero-order chi connectivity index (χ0) is 19.6. The molecule has 0 aliphatic heterocycles. The van der Waals surface area contributed by atoms with E-state index in [0.29, 0.717) is 17.6 Å². The van der Waals surface area contributed by atoms with Crippen molar-refractivity contribution >= 4 is 6.47 Å². The van der Waals surface area contributed by atoms with Crippen LogP contribution in [0.2, 0.25) is 0 Å². The number of phenols is 1. The maximum atomic E-state index is 10.5. The number of benzene rings is 1. The van der Waals surface area contributed by atoms with Crippen LogP contribution in [0.1, 0.15) is 90.7 Å². The van der Waals surface area contributed by atoms with Crippen molar-refractivity contribution < 1.29 is 14.6 Å². The van der Waals surface area contributed by atoms with Gasteiger partial charge in [0.15, 0.2) is 0 Å². The van der Waals surface area contributed by atoms with Crippen LogP contribution in [0.3, 0.4) is 0 Å². The molecule has 0 amide bonds. The molecular weight excluding hydrogens is 324 g/mol. The van der Waals surface area contributed by atoms with Crippen LogP contribution in [-0.2, 0) is 22.4 Å². The van der Waals surface area contributed by atoms with Crippen LogP contribution in [-0.4, -0.2) is 17.2 Å². The molecular formula is C23H38O3. The van der Waals surface area contributed by atoms with Crippen LogP contribution in [0, 0.1) is 5.41 Å². The lowest BCUT2D eigenvalue weighted by molar-refractivity contribution is -0.140. The van der Waals surface area contributed by atoms with Gasteiger partial charge in [-0.1, -0.05) is 45.7 Å². The van der Waals surface area contributed by atoms with E-state index in [-0.39, 0.29) is 0 Å². The SMILES string of the molecule is CC(C)(C)CCCCCc1ccc(O)c(CCCCC(C)(C)OC=O)c1. The molecule has 0 unspecified atom stereocenters. The zero-order valence-corrected chi connectivity index (χ0v) is 17.4. The fourth-order valence-electron chi connectivity index (χ4n) is 3.21. The van der Waals surface area contributed by atoms with Crippen molar-refractivity contribution in [2.75, 3.05) is 0 Å². The molecule has 0 bridgehead atoms.